The Kier molecular flexibility index (Phi) is 6.12. The topological polar surface area (TPSA) is 86.7 Å². The van der Waals surface area contributed by atoms with Crippen molar-refractivity contribution in [2.24, 2.45) is 0 Å². The molecule has 0 N–H and O–H groups in total. The number of hydrogen-bond acceptors (Lipinski definition) is 6. The van der Waals surface area contributed by atoms with Crippen LogP contribution in [0.2, 0.25) is 0 Å². The lowest BCUT2D eigenvalue weighted by Crippen LogP contribution is -2.31. The van der Waals surface area contributed by atoms with Crippen LogP contribution in [-0.2, 0) is 31.5 Å². The van der Waals surface area contributed by atoms with Crippen molar-refractivity contribution >= 4 is 21.9 Å². The summed E-state index contributed by atoms with van der Waals surface area (Å²) in [6.07, 6.45) is 0.552. The molecule has 0 heterocycles. The van der Waals surface area contributed by atoms with Crippen LogP contribution in [0.3, 0.4) is 0 Å². The number of Topliss-reactive ketones (excluding diaryl/α,β-unsaturated/α-hetero) is 1. The smallest absolute Gasteiger partial charge is 0.469 e. The zero-order chi connectivity index (χ0) is 23.9. The van der Waals surface area contributed by atoms with Crippen LogP contribution >= 0.6 is 0 Å². The zero-order valence-corrected chi connectivity index (χ0v) is 18.4. The first-order valence-electron chi connectivity index (χ1n) is 9.64. The van der Waals surface area contributed by atoms with E-state index in [2.05, 4.69) is 8.92 Å². The zero-order valence-electron chi connectivity index (χ0n) is 17.6. The highest BCUT2D eigenvalue weighted by Gasteiger charge is 2.49. The first-order valence-corrected chi connectivity index (χ1v) is 11.0. The van der Waals surface area contributed by atoms with Crippen LogP contribution in [0.5, 0.6) is 5.75 Å². The summed E-state index contributed by atoms with van der Waals surface area (Å²) in [5.74, 6) is -1.56. The molecule has 1 aliphatic rings. The monoisotopic (exact) mass is 470 g/mol. The Bertz CT molecular complexity index is 1170. The Hall–Kier alpha value is -2.88. The Morgan fingerprint density at radius 3 is 2.28 bits per heavy atom. The van der Waals surface area contributed by atoms with E-state index >= 15 is 0 Å². The molecule has 6 nitrogen and oxygen atoms in total. The number of rotatable bonds is 5. The molecule has 3 rings (SSSR count). The fourth-order valence-corrected chi connectivity index (χ4v) is 4.04. The van der Waals surface area contributed by atoms with Crippen molar-refractivity contribution < 1.29 is 40.1 Å². The van der Waals surface area contributed by atoms with Crippen molar-refractivity contribution in [2.75, 3.05) is 7.11 Å². The van der Waals surface area contributed by atoms with Crippen molar-refractivity contribution in [2.45, 2.75) is 44.0 Å². The second-order valence-electron chi connectivity index (χ2n) is 8.14. The molecule has 0 saturated carbocycles. The van der Waals surface area contributed by atoms with E-state index in [4.69, 9.17) is 0 Å². The molecule has 32 heavy (non-hydrogen) atoms. The van der Waals surface area contributed by atoms with Crippen molar-refractivity contribution in [3.05, 3.63) is 53.1 Å². The number of benzene rings is 2. The lowest BCUT2D eigenvalue weighted by Gasteiger charge is -2.33. The van der Waals surface area contributed by atoms with Gasteiger partial charge in [-0.15, -0.1) is 0 Å². The van der Waals surface area contributed by atoms with E-state index in [1.807, 2.05) is 13.8 Å². The molecule has 0 aliphatic heterocycles. The number of carbonyl (C=O) groups is 2. The van der Waals surface area contributed by atoms with Crippen LogP contribution < -0.4 is 4.18 Å². The standard InChI is InChI=1S/C22H21F3O6S/c1-21(2)9-8-17(26)20-16(21)11-15(12-18(20)31-32(28,29)22(23,24)25)14-6-4-13(5-7-14)10-19(27)30-3/h4-7,11-12H,8-10H2,1-3H3. The van der Waals surface area contributed by atoms with Gasteiger partial charge in [-0.3, -0.25) is 9.59 Å². The Morgan fingerprint density at radius 1 is 1.09 bits per heavy atom. The van der Waals surface area contributed by atoms with E-state index in [-0.39, 0.29) is 18.4 Å². The number of halogens is 3. The second kappa shape index (κ2) is 8.23. The van der Waals surface area contributed by atoms with Crippen molar-refractivity contribution in [1.29, 1.82) is 0 Å². The van der Waals surface area contributed by atoms with Gasteiger partial charge in [-0.2, -0.15) is 21.6 Å². The predicted molar refractivity (Wildman–Crippen MR) is 110 cm³/mol. The fourth-order valence-electron chi connectivity index (χ4n) is 3.57. The van der Waals surface area contributed by atoms with Gasteiger partial charge in [-0.05, 0) is 46.2 Å². The molecular formula is C22H21F3O6S. The van der Waals surface area contributed by atoms with Gasteiger partial charge in [0.15, 0.2) is 11.5 Å². The number of methoxy groups -OCH3 is 1. The lowest BCUT2D eigenvalue weighted by atomic mass is 9.71. The van der Waals surface area contributed by atoms with E-state index < -0.39 is 38.5 Å². The van der Waals surface area contributed by atoms with Gasteiger partial charge in [0.2, 0.25) is 0 Å². The Labute approximate surface area is 183 Å². The quantitative estimate of drug-likeness (QED) is 0.362. The molecule has 1 aliphatic carbocycles. The average Bonchev–Trinajstić information content (AvgIpc) is 2.70. The number of hydrogen-bond donors (Lipinski definition) is 0. The summed E-state index contributed by atoms with van der Waals surface area (Å²) in [6, 6.07) is 9.36. The third-order valence-corrected chi connectivity index (χ3v) is 6.40. The second-order valence-corrected chi connectivity index (χ2v) is 9.67. The molecular weight excluding hydrogens is 449 g/mol. The first-order chi connectivity index (χ1) is 14.7. The van der Waals surface area contributed by atoms with Crippen molar-refractivity contribution in [1.82, 2.24) is 0 Å². The first kappa shape index (κ1) is 23.8. The maximum absolute atomic E-state index is 13.0. The van der Waals surface area contributed by atoms with Crippen LogP contribution in [0.1, 0.15) is 48.2 Å². The molecule has 0 spiro atoms. The maximum atomic E-state index is 13.0. The molecule has 0 fully saturated rings. The lowest BCUT2D eigenvalue weighted by molar-refractivity contribution is -0.139. The van der Waals surface area contributed by atoms with Crippen molar-refractivity contribution in [3.8, 4) is 16.9 Å². The predicted octanol–water partition coefficient (Wildman–Crippen LogP) is 4.55. The average molecular weight is 470 g/mol. The van der Waals surface area contributed by atoms with Crippen LogP contribution in [0, 0.1) is 0 Å². The van der Waals surface area contributed by atoms with Crippen molar-refractivity contribution in [3.63, 3.8) is 0 Å². The molecule has 0 amide bonds. The highest BCUT2D eigenvalue weighted by molar-refractivity contribution is 7.88. The normalized spacial score (nSPS) is 15.8. The summed E-state index contributed by atoms with van der Waals surface area (Å²) in [4.78, 5) is 24.0. The molecule has 0 atom stereocenters. The van der Waals surface area contributed by atoms with Gasteiger partial charge in [-0.1, -0.05) is 38.1 Å². The van der Waals surface area contributed by atoms with Gasteiger partial charge in [0.25, 0.3) is 0 Å². The molecule has 172 valence electrons. The maximum Gasteiger partial charge on any atom is 0.534 e. The number of esters is 1. The van der Waals surface area contributed by atoms with Gasteiger partial charge in [0.1, 0.15) is 0 Å². The minimum Gasteiger partial charge on any atom is -0.469 e. The molecule has 2 aromatic carbocycles. The van der Waals surface area contributed by atoms with E-state index in [1.165, 1.54) is 7.11 Å². The molecule has 2 aromatic rings. The van der Waals surface area contributed by atoms with E-state index in [0.29, 0.717) is 28.7 Å². The third kappa shape index (κ3) is 4.64. The minimum atomic E-state index is -5.97. The largest absolute Gasteiger partial charge is 0.534 e. The fraction of sp³-hybridized carbons (Fsp3) is 0.364. The summed E-state index contributed by atoms with van der Waals surface area (Å²) in [5, 5.41) is 0. The van der Waals surface area contributed by atoms with Crippen LogP contribution in [-0.4, -0.2) is 32.8 Å². The number of alkyl halides is 3. The molecule has 10 heteroatoms. The van der Waals surface area contributed by atoms with Gasteiger partial charge in [0, 0.05) is 6.42 Å². The summed E-state index contributed by atoms with van der Waals surface area (Å²) < 4.78 is 71.4. The molecule has 0 bridgehead atoms. The number of fused-ring (bicyclic) bond motifs is 1. The molecule has 0 unspecified atom stereocenters. The van der Waals surface area contributed by atoms with Gasteiger partial charge >= 0.3 is 21.6 Å². The van der Waals surface area contributed by atoms with Gasteiger partial charge < -0.3 is 8.92 Å². The summed E-state index contributed by atoms with van der Waals surface area (Å²) in [6.45, 7) is 3.65. The molecule has 0 saturated heterocycles. The van der Waals surface area contributed by atoms with Crippen LogP contribution in [0.15, 0.2) is 36.4 Å². The SMILES string of the molecule is COC(=O)Cc1ccc(-c2cc(OS(=O)(=O)C(F)(F)F)c3c(c2)C(C)(C)CCC3=O)cc1. The van der Waals surface area contributed by atoms with E-state index in [9.17, 15) is 31.2 Å². The molecule has 0 radical (unpaired) electrons. The van der Waals surface area contributed by atoms with Gasteiger partial charge in [-0.25, -0.2) is 0 Å². The molecule has 0 aromatic heterocycles. The highest BCUT2D eigenvalue weighted by Crippen LogP contribution is 2.44. The highest BCUT2D eigenvalue weighted by atomic mass is 32.2. The third-order valence-electron chi connectivity index (χ3n) is 5.43. The van der Waals surface area contributed by atoms with E-state index in [1.54, 1.807) is 30.3 Å². The minimum absolute atomic E-state index is 0.0423. The summed E-state index contributed by atoms with van der Waals surface area (Å²) in [5.41, 5.74) is -4.39. The summed E-state index contributed by atoms with van der Waals surface area (Å²) in [7, 11) is -4.70. The Balaban J connectivity index is 2.15. The van der Waals surface area contributed by atoms with Crippen LogP contribution in [0.25, 0.3) is 11.1 Å². The van der Waals surface area contributed by atoms with Crippen LogP contribution in [0.4, 0.5) is 13.2 Å². The summed E-state index contributed by atoms with van der Waals surface area (Å²) >= 11 is 0. The Morgan fingerprint density at radius 2 is 1.72 bits per heavy atom. The van der Waals surface area contributed by atoms with E-state index in [0.717, 1.165) is 6.07 Å². The number of carbonyl (C=O) groups excluding carboxylic acids is 2. The number of ketones is 1. The number of ether oxygens (including phenoxy) is 1. The van der Waals surface area contributed by atoms with Gasteiger partial charge in [0.05, 0.1) is 19.1 Å².